The third kappa shape index (κ3) is 10.3. The number of nitrogens with one attached hydrogen (secondary N) is 2. The SMILES string of the molecule is CC(C)CC(CNC(=O)NCCCN(C)C)C(=O)O. The molecular formula is C13H27N3O3. The van der Waals surface area contributed by atoms with Crippen LogP contribution in [0.3, 0.4) is 0 Å². The van der Waals surface area contributed by atoms with Crippen LogP contribution in [-0.2, 0) is 4.79 Å². The predicted octanol–water partition coefficient (Wildman–Crippen LogP) is 0.984. The fourth-order valence-corrected chi connectivity index (χ4v) is 1.72. The lowest BCUT2D eigenvalue weighted by molar-refractivity contribution is -0.142. The molecule has 0 aliphatic heterocycles. The Morgan fingerprint density at radius 2 is 1.84 bits per heavy atom. The molecule has 1 atom stereocenters. The lowest BCUT2D eigenvalue weighted by atomic mass is 9.97. The van der Waals surface area contributed by atoms with Crippen LogP contribution in [0.25, 0.3) is 0 Å². The van der Waals surface area contributed by atoms with E-state index in [2.05, 4.69) is 10.6 Å². The zero-order valence-corrected chi connectivity index (χ0v) is 12.4. The number of rotatable bonds is 9. The molecule has 112 valence electrons. The van der Waals surface area contributed by atoms with Crippen molar-refractivity contribution in [3.63, 3.8) is 0 Å². The first-order chi connectivity index (χ1) is 8.82. The maximum absolute atomic E-state index is 11.5. The fourth-order valence-electron chi connectivity index (χ4n) is 1.72. The maximum atomic E-state index is 11.5. The van der Waals surface area contributed by atoms with E-state index >= 15 is 0 Å². The van der Waals surface area contributed by atoms with Crippen LogP contribution in [0.4, 0.5) is 4.79 Å². The number of urea groups is 1. The van der Waals surface area contributed by atoms with Crippen molar-refractivity contribution in [3.05, 3.63) is 0 Å². The lowest BCUT2D eigenvalue weighted by Gasteiger charge is -2.16. The summed E-state index contributed by atoms with van der Waals surface area (Å²) >= 11 is 0. The van der Waals surface area contributed by atoms with Gasteiger partial charge in [0, 0.05) is 13.1 Å². The molecule has 6 nitrogen and oxygen atoms in total. The first kappa shape index (κ1) is 17.7. The second-order valence-electron chi connectivity index (χ2n) is 5.46. The third-order valence-electron chi connectivity index (χ3n) is 2.68. The monoisotopic (exact) mass is 273 g/mol. The smallest absolute Gasteiger partial charge is 0.314 e. The summed E-state index contributed by atoms with van der Waals surface area (Å²) in [6.45, 7) is 5.61. The van der Waals surface area contributed by atoms with E-state index in [4.69, 9.17) is 5.11 Å². The summed E-state index contributed by atoms with van der Waals surface area (Å²) in [5.41, 5.74) is 0. The summed E-state index contributed by atoms with van der Waals surface area (Å²) in [5.74, 6) is -1.08. The number of hydrogen-bond donors (Lipinski definition) is 3. The molecule has 0 fully saturated rings. The van der Waals surface area contributed by atoms with Crippen LogP contribution < -0.4 is 10.6 Å². The Morgan fingerprint density at radius 3 is 2.32 bits per heavy atom. The zero-order chi connectivity index (χ0) is 14.8. The van der Waals surface area contributed by atoms with Crippen molar-refractivity contribution in [1.82, 2.24) is 15.5 Å². The number of carbonyl (C=O) groups excluding carboxylic acids is 1. The van der Waals surface area contributed by atoms with E-state index in [1.165, 1.54) is 0 Å². The predicted molar refractivity (Wildman–Crippen MR) is 75.2 cm³/mol. The van der Waals surface area contributed by atoms with E-state index in [1.807, 2.05) is 32.8 Å². The average molecular weight is 273 g/mol. The molecule has 1 unspecified atom stereocenters. The standard InChI is InChI=1S/C13H27N3O3/c1-10(2)8-11(12(17)18)9-15-13(19)14-6-5-7-16(3)4/h10-11H,5-9H2,1-4H3,(H,17,18)(H2,14,15,19). The highest BCUT2D eigenvalue weighted by atomic mass is 16.4. The van der Waals surface area contributed by atoms with E-state index in [-0.39, 0.29) is 12.6 Å². The summed E-state index contributed by atoms with van der Waals surface area (Å²) < 4.78 is 0. The van der Waals surface area contributed by atoms with Crippen LogP contribution in [-0.4, -0.2) is 55.7 Å². The molecule has 0 aliphatic carbocycles. The molecule has 19 heavy (non-hydrogen) atoms. The molecule has 3 N–H and O–H groups in total. The van der Waals surface area contributed by atoms with Crippen molar-refractivity contribution in [2.45, 2.75) is 26.7 Å². The average Bonchev–Trinajstić information content (AvgIpc) is 2.29. The van der Waals surface area contributed by atoms with Crippen LogP contribution >= 0.6 is 0 Å². The normalized spacial score (nSPS) is 12.5. The molecule has 0 spiro atoms. The number of carboxylic acid groups (broad SMARTS) is 1. The lowest BCUT2D eigenvalue weighted by Crippen LogP contribution is -2.41. The Bertz CT molecular complexity index is 280. The van der Waals surface area contributed by atoms with Crippen LogP contribution in [0.1, 0.15) is 26.7 Å². The molecular weight excluding hydrogens is 246 g/mol. The third-order valence-corrected chi connectivity index (χ3v) is 2.68. The second kappa shape index (κ2) is 9.61. The molecule has 6 heteroatoms. The van der Waals surface area contributed by atoms with Crippen molar-refractivity contribution < 1.29 is 14.7 Å². The molecule has 0 aliphatic rings. The van der Waals surface area contributed by atoms with Gasteiger partial charge in [-0.3, -0.25) is 4.79 Å². The Labute approximate surface area is 115 Å². The second-order valence-corrected chi connectivity index (χ2v) is 5.46. The molecule has 2 amide bonds. The fraction of sp³-hybridized carbons (Fsp3) is 0.846. The molecule has 0 saturated carbocycles. The number of aliphatic carboxylic acids is 1. The molecule has 0 radical (unpaired) electrons. The first-order valence-electron chi connectivity index (χ1n) is 6.72. The Hall–Kier alpha value is -1.30. The van der Waals surface area contributed by atoms with Gasteiger partial charge in [-0.1, -0.05) is 13.8 Å². The summed E-state index contributed by atoms with van der Waals surface area (Å²) in [5, 5.41) is 14.4. The van der Waals surface area contributed by atoms with Gasteiger partial charge in [0.1, 0.15) is 0 Å². The Morgan fingerprint density at radius 1 is 1.21 bits per heavy atom. The van der Waals surface area contributed by atoms with Crippen molar-refractivity contribution >= 4 is 12.0 Å². The van der Waals surface area contributed by atoms with Crippen molar-refractivity contribution in [3.8, 4) is 0 Å². The Kier molecular flexibility index (Phi) is 8.95. The molecule has 0 saturated heterocycles. The molecule has 0 aromatic heterocycles. The van der Waals surface area contributed by atoms with Gasteiger partial charge in [-0.25, -0.2) is 4.79 Å². The number of hydrogen-bond acceptors (Lipinski definition) is 3. The van der Waals surface area contributed by atoms with E-state index < -0.39 is 11.9 Å². The van der Waals surface area contributed by atoms with E-state index in [1.54, 1.807) is 0 Å². The quantitative estimate of drug-likeness (QED) is 0.547. The number of nitrogens with zero attached hydrogens (tertiary/aromatic N) is 1. The molecule has 0 bridgehead atoms. The molecule has 0 aromatic carbocycles. The van der Waals surface area contributed by atoms with E-state index in [9.17, 15) is 9.59 Å². The number of amides is 2. The highest BCUT2D eigenvalue weighted by Gasteiger charge is 2.19. The van der Waals surface area contributed by atoms with Gasteiger partial charge in [-0.05, 0) is 39.4 Å². The zero-order valence-electron chi connectivity index (χ0n) is 12.4. The number of carbonyl (C=O) groups is 2. The highest BCUT2D eigenvalue weighted by Crippen LogP contribution is 2.10. The van der Waals surface area contributed by atoms with Crippen molar-refractivity contribution in [2.75, 3.05) is 33.7 Å². The first-order valence-corrected chi connectivity index (χ1v) is 6.72. The Balaban J connectivity index is 3.83. The largest absolute Gasteiger partial charge is 0.481 e. The summed E-state index contributed by atoms with van der Waals surface area (Å²) in [6.07, 6.45) is 1.44. The van der Waals surface area contributed by atoms with Crippen molar-refractivity contribution in [1.29, 1.82) is 0 Å². The maximum Gasteiger partial charge on any atom is 0.314 e. The van der Waals surface area contributed by atoms with E-state index in [0.29, 0.717) is 18.9 Å². The molecule has 0 aromatic rings. The van der Waals surface area contributed by atoms with Crippen LogP contribution in [0, 0.1) is 11.8 Å². The van der Waals surface area contributed by atoms with E-state index in [0.717, 1.165) is 13.0 Å². The van der Waals surface area contributed by atoms with Gasteiger partial charge < -0.3 is 20.6 Å². The van der Waals surface area contributed by atoms with Gasteiger partial charge in [0.15, 0.2) is 0 Å². The molecule has 0 heterocycles. The summed E-state index contributed by atoms with van der Waals surface area (Å²) in [4.78, 5) is 24.5. The van der Waals surface area contributed by atoms with Crippen LogP contribution in [0.15, 0.2) is 0 Å². The van der Waals surface area contributed by atoms with Gasteiger partial charge in [-0.15, -0.1) is 0 Å². The molecule has 0 rings (SSSR count). The van der Waals surface area contributed by atoms with Crippen LogP contribution in [0.2, 0.25) is 0 Å². The van der Waals surface area contributed by atoms with Crippen LogP contribution in [0.5, 0.6) is 0 Å². The minimum atomic E-state index is -0.860. The topological polar surface area (TPSA) is 81.7 Å². The summed E-state index contributed by atoms with van der Waals surface area (Å²) in [7, 11) is 3.95. The minimum Gasteiger partial charge on any atom is -0.481 e. The van der Waals surface area contributed by atoms with Gasteiger partial charge in [-0.2, -0.15) is 0 Å². The van der Waals surface area contributed by atoms with Crippen molar-refractivity contribution in [2.24, 2.45) is 11.8 Å². The van der Waals surface area contributed by atoms with Gasteiger partial charge in [0.2, 0.25) is 0 Å². The minimum absolute atomic E-state index is 0.174. The van der Waals surface area contributed by atoms with Gasteiger partial charge in [0.05, 0.1) is 5.92 Å². The highest BCUT2D eigenvalue weighted by molar-refractivity contribution is 5.75. The summed E-state index contributed by atoms with van der Waals surface area (Å²) in [6, 6.07) is -0.297. The number of carboxylic acids is 1. The van der Waals surface area contributed by atoms with Gasteiger partial charge >= 0.3 is 12.0 Å². The van der Waals surface area contributed by atoms with Gasteiger partial charge in [0.25, 0.3) is 0 Å².